The van der Waals surface area contributed by atoms with Gasteiger partial charge in [-0.3, -0.25) is 0 Å². The average Bonchev–Trinajstić information content (AvgIpc) is 2.46. The number of carbonyl (C=O) groups is 1. The number of fused-ring (bicyclic) bond motifs is 1. The zero-order valence-corrected chi connectivity index (χ0v) is 10.3. The smallest absolute Gasteiger partial charge is 0.364 e. The van der Waals surface area contributed by atoms with Crippen molar-refractivity contribution < 1.29 is 9.53 Å². The number of carbonyl (C=O) groups excluding carboxylic acids is 1. The first-order valence-electron chi connectivity index (χ1n) is 5.61. The third-order valence-corrected chi connectivity index (χ3v) is 2.67. The molecule has 1 N–H and O–H groups in total. The van der Waals surface area contributed by atoms with Gasteiger partial charge in [-0.2, -0.15) is 0 Å². The Morgan fingerprint density at radius 1 is 1.26 bits per heavy atom. The third-order valence-electron chi connectivity index (χ3n) is 2.67. The monoisotopic (exact) mass is 254 g/mol. The van der Waals surface area contributed by atoms with Gasteiger partial charge in [-0.05, 0) is 22.4 Å². The van der Waals surface area contributed by atoms with Crippen molar-refractivity contribution in [2.75, 3.05) is 7.11 Å². The van der Waals surface area contributed by atoms with Crippen LogP contribution in [0, 0.1) is 5.53 Å². The van der Waals surface area contributed by atoms with Crippen LogP contribution in [0.1, 0.15) is 5.56 Å². The van der Waals surface area contributed by atoms with Crippen molar-refractivity contribution in [1.82, 2.24) is 4.91 Å². The Morgan fingerprint density at radius 2 is 2.00 bits per heavy atom. The molecule has 0 aliphatic rings. The second kappa shape index (κ2) is 5.71. The normalized spacial score (nSPS) is 10.9. The summed E-state index contributed by atoms with van der Waals surface area (Å²) in [5.41, 5.74) is 7.56. The molecule has 0 radical (unpaired) electrons. The first kappa shape index (κ1) is 12.7. The molecule has 0 atom stereocenters. The van der Waals surface area contributed by atoms with Crippen LogP contribution >= 0.6 is 0 Å². The largest absolute Gasteiger partial charge is 0.464 e. The first-order valence-corrected chi connectivity index (χ1v) is 5.61. The minimum absolute atomic E-state index is 0.00569. The molecule has 0 saturated carbocycles. The Labute approximate surface area is 109 Å². The highest BCUT2D eigenvalue weighted by molar-refractivity contribution is 5.97. The molecule has 2 aromatic rings. The van der Waals surface area contributed by atoms with Crippen LogP contribution in [0.2, 0.25) is 0 Å². The fourth-order valence-corrected chi connectivity index (χ4v) is 1.81. The number of benzene rings is 2. The van der Waals surface area contributed by atoms with Crippen molar-refractivity contribution in [3.05, 3.63) is 53.7 Å². The molecule has 0 fully saturated rings. The highest BCUT2D eigenvalue weighted by Gasteiger charge is 2.14. The van der Waals surface area contributed by atoms with Gasteiger partial charge < -0.3 is 4.74 Å². The highest BCUT2D eigenvalue weighted by Crippen LogP contribution is 2.21. The van der Waals surface area contributed by atoms with Crippen LogP contribution in [0.4, 0.5) is 0 Å². The molecule has 0 unspecified atom stereocenters. The van der Waals surface area contributed by atoms with E-state index in [1.165, 1.54) is 7.11 Å². The Hall–Kier alpha value is -2.78. The fourth-order valence-electron chi connectivity index (χ4n) is 1.81. The van der Waals surface area contributed by atoms with E-state index in [0.29, 0.717) is 0 Å². The lowest BCUT2D eigenvalue weighted by molar-refractivity contribution is -0.136. The van der Waals surface area contributed by atoms with E-state index in [1.54, 1.807) is 6.08 Å². The molecule has 0 aromatic heterocycles. The van der Waals surface area contributed by atoms with Crippen LogP contribution in [-0.4, -0.2) is 13.1 Å². The van der Waals surface area contributed by atoms with E-state index in [-0.39, 0.29) is 5.70 Å². The summed E-state index contributed by atoms with van der Waals surface area (Å²) in [6.07, 6.45) is 1.56. The van der Waals surface area contributed by atoms with Gasteiger partial charge in [0, 0.05) is 0 Å². The lowest BCUT2D eigenvalue weighted by Crippen LogP contribution is -2.02. The predicted molar refractivity (Wildman–Crippen MR) is 71.2 cm³/mol. The number of hydrogen-bond donors (Lipinski definition) is 1. The van der Waals surface area contributed by atoms with Crippen molar-refractivity contribution in [3.63, 3.8) is 0 Å². The standard InChI is InChI=1S/C14H12N3O2/c1-19-14(18)13(16-17-15)9-11-7-4-6-10-5-2-3-8-12(10)11/h2-9,15H,1H3/q+1. The summed E-state index contributed by atoms with van der Waals surface area (Å²) >= 11 is 0. The number of methoxy groups -OCH3 is 1. The van der Waals surface area contributed by atoms with Crippen LogP contribution in [0.5, 0.6) is 0 Å². The van der Waals surface area contributed by atoms with Gasteiger partial charge in [0.05, 0.1) is 7.11 Å². The third kappa shape index (κ3) is 2.73. The minimum Gasteiger partial charge on any atom is -0.464 e. The molecule has 0 aliphatic carbocycles. The molecule has 2 rings (SSSR count). The topological polar surface area (TPSA) is 76.6 Å². The van der Waals surface area contributed by atoms with Crippen molar-refractivity contribution in [2.24, 2.45) is 5.11 Å². The summed E-state index contributed by atoms with van der Waals surface area (Å²) in [4.78, 5) is 14.4. The summed E-state index contributed by atoms with van der Waals surface area (Å²) in [7, 11) is 1.26. The maximum absolute atomic E-state index is 11.5. The number of nitrogens with one attached hydrogen (secondary N) is 1. The van der Waals surface area contributed by atoms with Crippen LogP contribution in [0.15, 0.2) is 53.3 Å². The maximum Gasteiger partial charge on any atom is 0.364 e. The summed E-state index contributed by atoms with van der Waals surface area (Å²) in [6, 6.07) is 13.5. The average molecular weight is 254 g/mol. The zero-order chi connectivity index (χ0) is 13.7. The Morgan fingerprint density at radius 3 is 2.74 bits per heavy atom. The molecule has 0 aliphatic heterocycles. The van der Waals surface area contributed by atoms with Crippen LogP contribution in [-0.2, 0) is 9.53 Å². The second-order valence-corrected chi connectivity index (χ2v) is 3.79. The van der Waals surface area contributed by atoms with Gasteiger partial charge in [-0.15, -0.1) is 0 Å². The molecule has 0 amide bonds. The Bertz CT molecular complexity index is 695. The Kier molecular flexibility index (Phi) is 3.81. The first-order chi connectivity index (χ1) is 9.26. The summed E-state index contributed by atoms with van der Waals surface area (Å²) < 4.78 is 4.60. The van der Waals surface area contributed by atoms with Crippen LogP contribution < -0.4 is 4.91 Å². The molecule has 94 valence electrons. The van der Waals surface area contributed by atoms with E-state index in [9.17, 15) is 4.79 Å². The molecular formula is C14H12N3O2+. The van der Waals surface area contributed by atoms with Gasteiger partial charge in [0.25, 0.3) is 0 Å². The molecule has 0 saturated heterocycles. The number of nitrogens with zero attached hydrogens (tertiary/aromatic N) is 2. The molecule has 0 heterocycles. The molecule has 19 heavy (non-hydrogen) atoms. The van der Waals surface area contributed by atoms with E-state index in [4.69, 9.17) is 5.53 Å². The fraction of sp³-hybridized carbons (Fsp3) is 0.0714. The second-order valence-electron chi connectivity index (χ2n) is 3.79. The predicted octanol–water partition coefficient (Wildman–Crippen LogP) is 2.90. The molecule has 0 spiro atoms. The zero-order valence-electron chi connectivity index (χ0n) is 10.3. The molecular weight excluding hydrogens is 242 g/mol. The van der Waals surface area contributed by atoms with E-state index in [0.717, 1.165) is 16.3 Å². The van der Waals surface area contributed by atoms with Crippen LogP contribution in [0.25, 0.3) is 16.8 Å². The van der Waals surface area contributed by atoms with Crippen LogP contribution in [0.3, 0.4) is 0 Å². The van der Waals surface area contributed by atoms with Crippen molar-refractivity contribution in [1.29, 1.82) is 5.53 Å². The number of ether oxygens (including phenoxy) is 1. The molecule has 0 bridgehead atoms. The van der Waals surface area contributed by atoms with Gasteiger partial charge in [0.1, 0.15) is 5.53 Å². The van der Waals surface area contributed by atoms with Gasteiger partial charge in [0.15, 0.2) is 5.11 Å². The quantitative estimate of drug-likeness (QED) is 0.395. The van der Waals surface area contributed by atoms with E-state index in [2.05, 4.69) is 14.8 Å². The van der Waals surface area contributed by atoms with Gasteiger partial charge in [0.2, 0.25) is 10.6 Å². The van der Waals surface area contributed by atoms with E-state index < -0.39 is 5.97 Å². The maximum atomic E-state index is 11.5. The van der Waals surface area contributed by atoms with Crippen molar-refractivity contribution >= 4 is 22.8 Å². The number of rotatable bonds is 3. The molecule has 5 heteroatoms. The lowest BCUT2D eigenvalue weighted by Gasteiger charge is -2.01. The Balaban J connectivity index is 2.60. The van der Waals surface area contributed by atoms with Crippen molar-refractivity contribution in [3.8, 4) is 0 Å². The summed E-state index contributed by atoms with van der Waals surface area (Å²) in [5, 5.41) is 5.53. The lowest BCUT2D eigenvalue weighted by atomic mass is 10.0. The summed E-state index contributed by atoms with van der Waals surface area (Å²) in [6.45, 7) is 0. The highest BCUT2D eigenvalue weighted by atomic mass is 16.5. The summed E-state index contributed by atoms with van der Waals surface area (Å²) in [5.74, 6) is -0.621. The number of esters is 1. The minimum atomic E-state index is -0.621. The SMILES string of the molecule is COC(=O)C(=Cc1cccc2ccccc12)N=[N+]=N. The van der Waals surface area contributed by atoms with Gasteiger partial charge >= 0.3 is 5.97 Å². The van der Waals surface area contributed by atoms with E-state index >= 15 is 0 Å². The number of hydrogen-bond acceptors (Lipinski definition) is 4. The molecule has 2 aromatic carbocycles. The molecule has 5 nitrogen and oxygen atoms in total. The van der Waals surface area contributed by atoms with Crippen molar-refractivity contribution in [2.45, 2.75) is 0 Å². The van der Waals surface area contributed by atoms with Gasteiger partial charge in [-0.1, -0.05) is 42.5 Å². The van der Waals surface area contributed by atoms with E-state index in [1.807, 2.05) is 42.5 Å². The van der Waals surface area contributed by atoms with Gasteiger partial charge in [-0.25, -0.2) is 4.79 Å².